The Balaban J connectivity index is 2.03. The summed E-state index contributed by atoms with van der Waals surface area (Å²) in [4.78, 5) is 13.2. The zero-order chi connectivity index (χ0) is 13.8. The first kappa shape index (κ1) is 14.7. The minimum atomic E-state index is 0.120. The zero-order valence-electron chi connectivity index (χ0n) is 11.4. The molecule has 1 amide bonds. The van der Waals surface area contributed by atoms with Gasteiger partial charge in [-0.1, -0.05) is 25.4 Å². The van der Waals surface area contributed by atoms with Crippen LogP contribution in [0, 0.1) is 5.92 Å². The lowest BCUT2D eigenvalue weighted by Crippen LogP contribution is -2.30. The molecule has 0 fully saturated rings. The number of fused-ring (bicyclic) bond motifs is 1. The summed E-state index contributed by atoms with van der Waals surface area (Å²) in [5.74, 6) is 1.76. The molecule has 1 aliphatic heterocycles. The average Bonchev–Trinajstić information content (AvgIpc) is 2.37. The Hall–Kier alpha value is -0.670. The average molecular weight is 298 g/mol. The lowest BCUT2D eigenvalue weighted by Gasteiger charge is -2.26. The molecule has 1 N–H and O–H groups in total. The Morgan fingerprint density at radius 3 is 3.05 bits per heavy atom. The minimum absolute atomic E-state index is 0.120. The van der Waals surface area contributed by atoms with Gasteiger partial charge in [-0.05, 0) is 42.5 Å². The molecule has 104 valence electrons. The molecule has 2 rings (SSSR count). The van der Waals surface area contributed by atoms with Gasteiger partial charge in [-0.15, -0.1) is 11.8 Å². The maximum atomic E-state index is 12.0. The molecule has 2 nitrogen and oxygen atoms in total. The fourth-order valence-corrected chi connectivity index (χ4v) is 3.49. The van der Waals surface area contributed by atoms with Crippen molar-refractivity contribution in [2.75, 3.05) is 5.75 Å². The van der Waals surface area contributed by atoms with Crippen molar-refractivity contribution in [1.82, 2.24) is 5.32 Å². The fourth-order valence-electron chi connectivity index (χ4n) is 2.20. The topological polar surface area (TPSA) is 29.1 Å². The third-order valence-electron chi connectivity index (χ3n) is 3.30. The van der Waals surface area contributed by atoms with E-state index >= 15 is 0 Å². The molecule has 1 heterocycles. The maximum absolute atomic E-state index is 12.0. The Kier molecular flexibility index (Phi) is 5.17. The highest BCUT2D eigenvalue weighted by molar-refractivity contribution is 7.99. The van der Waals surface area contributed by atoms with Gasteiger partial charge >= 0.3 is 0 Å². The Labute approximate surface area is 124 Å². The molecular formula is C15H20ClNOS. The third-order valence-corrected chi connectivity index (χ3v) is 4.65. The summed E-state index contributed by atoms with van der Waals surface area (Å²) >= 11 is 7.90. The predicted octanol–water partition coefficient (Wildman–Crippen LogP) is 4.43. The highest BCUT2D eigenvalue weighted by atomic mass is 35.5. The summed E-state index contributed by atoms with van der Waals surface area (Å²) < 4.78 is 0. The molecule has 0 bridgehead atoms. The quantitative estimate of drug-likeness (QED) is 0.891. The standard InChI is InChI=1S/C15H20ClNOS/c1-10(2)3-6-15(18)17-13-7-8-19-14-5-4-11(16)9-12(13)14/h4-5,9-10,13H,3,6-8H2,1-2H3,(H,17,18). The first-order chi connectivity index (χ1) is 9.06. The number of benzene rings is 1. The van der Waals surface area contributed by atoms with E-state index in [1.807, 2.05) is 23.9 Å². The normalized spacial score (nSPS) is 18.2. The molecule has 0 spiro atoms. The summed E-state index contributed by atoms with van der Waals surface area (Å²) in [6.45, 7) is 4.28. The van der Waals surface area contributed by atoms with E-state index in [0.717, 1.165) is 23.6 Å². The van der Waals surface area contributed by atoms with Crippen molar-refractivity contribution in [3.63, 3.8) is 0 Å². The number of halogens is 1. The number of nitrogens with one attached hydrogen (secondary N) is 1. The van der Waals surface area contributed by atoms with Crippen molar-refractivity contribution in [2.45, 2.75) is 44.0 Å². The van der Waals surface area contributed by atoms with Gasteiger partial charge in [0.05, 0.1) is 6.04 Å². The van der Waals surface area contributed by atoms with E-state index in [0.29, 0.717) is 12.3 Å². The lowest BCUT2D eigenvalue weighted by atomic mass is 10.0. The van der Waals surface area contributed by atoms with Gasteiger partial charge in [0, 0.05) is 22.1 Å². The summed E-state index contributed by atoms with van der Waals surface area (Å²) in [7, 11) is 0. The smallest absolute Gasteiger partial charge is 0.220 e. The van der Waals surface area contributed by atoms with E-state index in [-0.39, 0.29) is 11.9 Å². The second-order valence-corrected chi connectivity index (χ2v) is 6.95. The van der Waals surface area contributed by atoms with Gasteiger partial charge in [-0.2, -0.15) is 0 Å². The molecule has 4 heteroatoms. The van der Waals surface area contributed by atoms with Gasteiger partial charge in [-0.25, -0.2) is 0 Å². The van der Waals surface area contributed by atoms with Crippen LogP contribution in [-0.4, -0.2) is 11.7 Å². The third kappa shape index (κ3) is 4.15. The van der Waals surface area contributed by atoms with E-state index in [2.05, 4.69) is 25.2 Å². The predicted molar refractivity (Wildman–Crippen MR) is 81.7 cm³/mol. The van der Waals surface area contributed by atoms with E-state index in [1.165, 1.54) is 10.5 Å². The van der Waals surface area contributed by atoms with Crippen LogP contribution in [0.2, 0.25) is 5.02 Å². The molecule has 1 aliphatic rings. The molecule has 0 aromatic heterocycles. The SMILES string of the molecule is CC(C)CCC(=O)NC1CCSc2ccc(Cl)cc21. The Morgan fingerprint density at radius 2 is 2.32 bits per heavy atom. The molecule has 1 atom stereocenters. The number of hydrogen-bond acceptors (Lipinski definition) is 2. The van der Waals surface area contributed by atoms with Crippen molar-refractivity contribution >= 4 is 29.3 Å². The molecule has 1 aromatic rings. The summed E-state index contributed by atoms with van der Waals surface area (Å²) in [5, 5.41) is 3.89. The molecular weight excluding hydrogens is 278 g/mol. The van der Waals surface area contributed by atoms with Crippen LogP contribution >= 0.6 is 23.4 Å². The van der Waals surface area contributed by atoms with Gasteiger partial charge in [0.15, 0.2) is 0 Å². The number of rotatable bonds is 4. The van der Waals surface area contributed by atoms with Crippen LogP contribution in [0.4, 0.5) is 0 Å². The van der Waals surface area contributed by atoms with Crippen LogP contribution in [0.15, 0.2) is 23.1 Å². The monoisotopic (exact) mass is 297 g/mol. The van der Waals surface area contributed by atoms with Gasteiger partial charge in [0.1, 0.15) is 0 Å². The van der Waals surface area contributed by atoms with Crippen molar-refractivity contribution in [3.8, 4) is 0 Å². The van der Waals surface area contributed by atoms with E-state index in [9.17, 15) is 4.79 Å². The largest absolute Gasteiger partial charge is 0.349 e. The summed E-state index contributed by atoms with van der Waals surface area (Å²) in [6, 6.07) is 6.07. The van der Waals surface area contributed by atoms with E-state index < -0.39 is 0 Å². The van der Waals surface area contributed by atoms with E-state index in [1.54, 1.807) is 0 Å². The Morgan fingerprint density at radius 1 is 1.53 bits per heavy atom. The van der Waals surface area contributed by atoms with Gasteiger partial charge in [0.2, 0.25) is 5.91 Å². The fraction of sp³-hybridized carbons (Fsp3) is 0.533. The molecule has 0 radical (unpaired) electrons. The van der Waals surface area contributed by atoms with Gasteiger partial charge in [-0.3, -0.25) is 4.79 Å². The zero-order valence-corrected chi connectivity index (χ0v) is 13.0. The number of amides is 1. The first-order valence-electron chi connectivity index (χ1n) is 6.78. The van der Waals surface area contributed by atoms with Crippen LogP contribution in [0.3, 0.4) is 0 Å². The first-order valence-corrected chi connectivity index (χ1v) is 8.14. The van der Waals surface area contributed by atoms with Crippen LogP contribution in [0.5, 0.6) is 0 Å². The Bertz CT molecular complexity index is 461. The lowest BCUT2D eigenvalue weighted by molar-refractivity contribution is -0.122. The summed E-state index contributed by atoms with van der Waals surface area (Å²) in [5.41, 5.74) is 1.17. The number of hydrogen-bond donors (Lipinski definition) is 1. The molecule has 19 heavy (non-hydrogen) atoms. The summed E-state index contributed by atoms with van der Waals surface area (Å²) in [6.07, 6.45) is 2.53. The molecule has 0 aliphatic carbocycles. The number of thioether (sulfide) groups is 1. The van der Waals surface area contributed by atoms with Gasteiger partial charge in [0.25, 0.3) is 0 Å². The second kappa shape index (κ2) is 6.67. The highest BCUT2D eigenvalue weighted by Gasteiger charge is 2.22. The van der Waals surface area contributed by atoms with Gasteiger partial charge < -0.3 is 5.32 Å². The molecule has 1 unspecified atom stereocenters. The van der Waals surface area contributed by atoms with Crippen molar-refractivity contribution in [1.29, 1.82) is 0 Å². The molecule has 0 saturated carbocycles. The number of carbonyl (C=O) groups is 1. The molecule has 0 saturated heterocycles. The van der Waals surface area contributed by atoms with Crippen LogP contribution in [0.25, 0.3) is 0 Å². The van der Waals surface area contributed by atoms with Crippen molar-refractivity contribution in [3.05, 3.63) is 28.8 Å². The van der Waals surface area contributed by atoms with Crippen LogP contribution in [-0.2, 0) is 4.79 Å². The highest BCUT2D eigenvalue weighted by Crippen LogP contribution is 2.37. The molecule has 1 aromatic carbocycles. The van der Waals surface area contributed by atoms with E-state index in [4.69, 9.17) is 11.6 Å². The van der Waals surface area contributed by atoms with Crippen molar-refractivity contribution in [2.24, 2.45) is 5.92 Å². The van der Waals surface area contributed by atoms with Crippen LogP contribution in [0.1, 0.15) is 44.7 Å². The van der Waals surface area contributed by atoms with Crippen molar-refractivity contribution < 1.29 is 4.79 Å². The maximum Gasteiger partial charge on any atom is 0.220 e. The van der Waals surface area contributed by atoms with Crippen LogP contribution < -0.4 is 5.32 Å². The second-order valence-electron chi connectivity index (χ2n) is 5.37. The number of carbonyl (C=O) groups excluding carboxylic acids is 1. The minimum Gasteiger partial charge on any atom is -0.349 e.